The second kappa shape index (κ2) is 4.68. The van der Waals surface area contributed by atoms with Gasteiger partial charge in [-0.15, -0.1) is 0 Å². The van der Waals surface area contributed by atoms with Gasteiger partial charge in [0, 0.05) is 11.9 Å². The van der Waals surface area contributed by atoms with Crippen LogP contribution in [0, 0.1) is 0 Å². The fourth-order valence-corrected chi connectivity index (χ4v) is 1.14. The van der Waals surface area contributed by atoms with Crippen molar-refractivity contribution >= 4 is 23.1 Å². The zero-order valence-electron chi connectivity index (χ0n) is 4.85. The highest BCUT2D eigenvalue weighted by molar-refractivity contribution is 7.81. The number of hydrogen-bond acceptors (Lipinski definition) is 2. The molecule has 0 aromatic heterocycles. The highest BCUT2D eigenvalue weighted by Gasteiger charge is 1.93. The molecule has 44 valence electrons. The summed E-state index contributed by atoms with van der Waals surface area (Å²) in [5, 5.41) is 0.456. The second-order valence-electron chi connectivity index (χ2n) is 1.52. The second-order valence-corrected chi connectivity index (χ2v) is 2.83. The van der Waals surface area contributed by atoms with E-state index < -0.39 is 0 Å². The molecule has 7 heavy (non-hydrogen) atoms. The van der Waals surface area contributed by atoms with E-state index in [1.165, 1.54) is 0 Å². The molecule has 0 spiro atoms. The van der Waals surface area contributed by atoms with Crippen molar-refractivity contribution in [3.05, 3.63) is 0 Å². The first kappa shape index (κ1) is 7.53. The smallest absolute Gasteiger partial charge is 0.146 e. The Morgan fingerprint density at radius 1 is 1.86 bits per heavy atom. The van der Waals surface area contributed by atoms with Crippen molar-refractivity contribution in [2.45, 2.75) is 18.6 Å². The van der Waals surface area contributed by atoms with Crippen molar-refractivity contribution in [1.29, 1.82) is 0 Å². The molecule has 0 bridgehead atoms. The molecular weight excluding hydrogens is 124 g/mol. The van der Waals surface area contributed by atoms with Gasteiger partial charge in [-0.2, -0.15) is 12.6 Å². The van der Waals surface area contributed by atoms with Crippen molar-refractivity contribution in [3.8, 4) is 0 Å². The maximum Gasteiger partial charge on any atom is 0.146 e. The summed E-state index contributed by atoms with van der Waals surface area (Å²) in [4.78, 5) is 0. The van der Waals surface area contributed by atoms with Crippen molar-refractivity contribution in [2.24, 2.45) is 0 Å². The number of hydrogen-bond donors (Lipinski definition) is 1. The minimum Gasteiger partial charge on any atom is -0.427 e. The van der Waals surface area contributed by atoms with Gasteiger partial charge in [0.1, 0.15) is 10.5 Å². The maximum atomic E-state index is 4.96. The van der Waals surface area contributed by atoms with Crippen molar-refractivity contribution in [3.63, 3.8) is 0 Å². The summed E-state index contributed by atoms with van der Waals surface area (Å²) in [5.74, 6) is 0. The number of rotatable bonds is 3. The van der Waals surface area contributed by atoms with E-state index in [0.717, 1.165) is 23.5 Å². The quantitative estimate of drug-likeness (QED) is 0.424. The first-order valence-corrected chi connectivity index (χ1v) is 3.81. The maximum absolute atomic E-state index is 4.96. The van der Waals surface area contributed by atoms with Gasteiger partial charge < -0.3 is 4.43 Å². The Morgan fingerprint density at radius 3 is 2.57 bits per heavy atom. The average Bonchev–Trinajstić information content (AvgIpc) is 1.68. The standard InChI is InChI=1S/C4H12OSSi/c1-2-4(6)3-5-7/h4,6H,2-3H2,1,7H3. The Morgan fingerprint density at radius 2 is 2.43 bits per heavy atom. The van der Waals surface area contributed by atoms with E-state index in [1.807, 2.05) is 0 Å². The van der Waals surface area contributed by atoms with Crippen molar-refractivity contribution in [1.82, 2.24) is 0 Å². The zero-order chi connectivity index (χ0) is 5.70. The van der Waals surface area contributed by atoms with Gasteiger partial charge in [-0.3, -0.25) is 0 Å². The molecule has 0 aromatic rings. The zero-order valence-corrected chi connectivity index (χ0v) is 7.74. The Balaban J connectivity index is 2.83. The Hall–Kier alpha value is 0.527. The predicted molar refractivity (Wildman–Crippen MR) is 39.0 cm³/mol. The molecule has 0 amide bonds. The molecule has 0 saturated heterocycles. The van der Waals surface area contributed by atoms with E-state index in [2.05, 4.69) is 19.6 Å². The molecule has 1 atom stereocenters. The van der Waals surface area contributed by atoms with Gasteiger partial charge in [0.25, 0.3) is 0 Å². The van der Waals surface area contributed by atoms with Gasteiger partial charge in [-0.05, 0) is 6.42 Å². The Labute approximate surface area is 53.4 Å². The van der Waals surface area contributed by atoms with E-state index >= 15 is 0 Å². The summed E-state index contributed by atoms with van der Waals surface area (Å²) in [7, 11) is 0.843. The van der Waals surface area contributed by atoms with Crippen LogP contribution in [0.5, 0.6) is 0 Å². The highest BCUT2D eigenvalue weighted by Crippen LogP contribution is 1.98. The summed E-state index contributed by atoms with van der Waals surface area (Å²) >= 11 is 4.21. The first-order chi connectivity index (χ1) is 3.31. The largest absolute Gasteiger partial charge is 0.427 e. The monoisotopic (exact) mass is 136 g/mol. The van der Waals surface area contributed by atoms with Crippen LogP contribution in [0.2, 0.25) is 0 Å². The fraction of sp³-hybridized carbons (Fsp3) is 1.00. The van der Waals surface area contributed by atoms with Crippen LogP contribution < -0.4 is 0 Å². The lowest BCUT2D eigenvalue weighted by atomic mass is 10.3. The summed E-state index contributed by atoms with van der Waals surface area (Å²) in [5.41, 5.74) is 0. The van der Waals surface area contributed by atoms with Crippen LogP contribution in [0.3, 0.4) is 0 Å². The molecule has 1 nitrogen and oxygen atoms in total. The molecule has 0 aliphatic carbocycles. The van der Waals surface area contributed by atoms with Gasteiger partial charge in [0.05, 0.1) is 0 Å². The topological polar surface area (TPSA) is 9.23 Å². The predicted octanol–water partition coefficient (Wildman–Crippen LogP) is -0.00820. The lowest BCUT2D eigenvalue weighted by molar-refractivity contribution is 0.346. The highest BCUT2D eigenvalue weighted by atomic mass is 32.1. The third-order valence-electron chi connectivity index (χ3n) is 0.830. The third kappa shape index (κ3) is 4.38. The molecule has 0 rings (SSSR count). The van der Waals surface area contributed by atoms with E-state index in [1.54, 1.807) is 0 Å². The Bertz CT molecular complexity index is 42.7. The van der Waals surface area contributed by atoms with Gasteiger partial charge in [-0.1, -0.05) is 6.92 Å². The van der Waals surface area contributed by atoms with Crippen LogP contribution in [0.4, 0.5) is 0 Å². The van der Waals surface area contributed by atoms with E-state index in [4.69, 9.17) is 4.43 Å². The van der Waals surface area contributed by atoms with Crippen LogP contribution in [-0.4, -0.2) is 22.3 Å². The van der Waals surface area contributed by atoms with Crippen molar-refractivity contribution < 1.29 is 4.43 Å². The van der Waals surface area contributed by atoms with Gasteiger partial charge in [-0.25, -0.2) is 0 Å². The number of thiol groups is 1. The van der Waals surface area contributed by atoms with Gasteiger partial charge in [0.15, 0.2) is 0 Å². The first-order valence-electron chi connectivity index (χ1n) is 2.48. The molecule has 0 aliphatic heterocycles. The molecular formula is C4H12OSSi. The van der Waals surface area contributed by atoms with E-state index in [0.29, 0.717) is 5.25 Å². The molecule has 0 saturated carbocycles. The van der Waals surface area contributed by atoms with Crippen molar-refractivity contribution in [2.75, 3.05) is 6.61 Å². The molecule has 3 heteroatoms. The SMILES string of the molecule is CCC(S)CO[SiH3]. The van der Waals surface area contributed by atoms with E-state index in [9.17, 15) is 0 Å². The van der Waals surface area contributed by atoms with Crippen LogP contribution in [0.15, 0.2) is 0 Å². The normalized spacial score (nSPS) is 14.6. The van der Waals surface area contributed by atoms with E-state index in [-0.39, 0.29) is 0 Å². The lowest BCUT2D eigenvalue weighted by Gasteiger charge is -2.03. The van der Waals surface area contributed by atoms with Gasteiger partial charge >= 0.3 is 0 Å². The van der Waals surface area contributed by atoms with Crippen LogP contribution in [-0.2, 0) is 4.43 Å². The molecule has 0 radical (unpaired) electrons. The molecule has 0 aliphatic rings. The average molecular weight is 136 g/mol. The molecule has 0 aromatic carbocycles. The molecule has 0 N–H and O–H groups in total. The van der Waals surface area contributed by atoms with Gasteiger partial charge in [0.2, 0.25) is 0 Å². The van der Waals surface area contributed by atoms with Crippen LogP contribution in [0.25, 0.3) is 0 Å². The Kier molecular flexibility index (Phi) is 5.03. The van der Waals surface area contributed by atoms with Crippen LogP contribution in [0.1, 0.15) is 13.3 Å². The summed E-state index contributed by atoms with van der Waals surface area (Å²) in [6.07, 6.45) is 1.10. The third-order valence-corrected chi connectivity index (χ3v) is 1.68. The summed E-state index contributed by atoms with van der Waals surface area (Å²) in [6.45, 7) is 2.93. The minimum absolute atomic E-state index is 0.456. The molecule has 1 unspecified atom stereocenters. The minimum atomic E-state index is 0.456. The summed E-state index contributed by atoms with van der Waals surface area (Å²) in [6, 6.07) is 0. The fourth-order valence-electron chi connectivity index (χ4n) is 0.310. The lowest BCUT2D eigenvalue weighted by Crippen LogP contribution is -2.05. The van der Waals surface area contributed by atoms with Crippen LogP contribution >= 0.6 is 12.6 Å². The molecule has 0 fully saturated rings. The molecule has 0 heterocycles. The summed E-state index contributed by atoms with van der Waals surface area (Å²) < 4.78 is 4.96.